The molecule has 1 nitrogen and oxygen atoms in total. The Morgan fingerprint density at radius 1 is 1.40 bits per heavy atom. The highest BCUT2D eigenvalue weighted by Gasteiger charge is 2.46. The molecule has 0 radical (unpaired) electrons. The van der Waals surface area contributed by atoms with Gasteiger partial charge in [0.25, 0.3) is 0 Å². The van der Waals surface area contributed by atoms with Gasteiger partial charge in [0.05, 0.1) is 0 Å². The minimum Gasteiger partial charge on any atom is -0.316 e. The molecule has 0 amide bonds. The number of benzene rings is 1. The van der Waals surface area contributed by atoms with Crippen LogP contribution in [0.2, 0.25) is 5.02 Å². The molecule has 1 aliphatic carbocycles. The summed E-state index contributed by atoms with van der Waals surface area (Å²) in [5.74, 6) is 1.20. The number of nitrogens with one attached hydrogen (secondary N) is 1. The van der Waals surface area contributed by atoms with Gasteiger partial charge in [0.15, 0.2) is 0 Å². The molecule has 1 aromatic rings. The molecule has 1 fully saturated rings. The number of hydrogen-bond donors (Lipinski definition) is 1. The highest BCUT2D eigenvalue weighted by molar-refractivity contribution is 6.31. The van der Waals surface area contributed by atoms with E-state index in [4.69, 9.17) is 11.6 Å². The number of halogens is 2. The molecule has 1 N–H and O–H groups in total. The lowest BCUT2D eigenvalue weighted by Gasteiger charge is -2.50. The molecule has 0 bridgehead atoms. The zero-order valence-corrected chi connectivity index (χ0v) is 13.4. The van der Waals surface area contributed by atoms with Crippen molar-refractivity contribution in [3.05, 3.63) is 34.6 Å². The van der Waals surface area contributed by atoms with Crippen molar-refractivity contribution < 1.29 is 4.39 Å². The van der Waals surface area contributed by atoms with E-state index in [9.17, 15) is 4.39 Å². The molecule has 1 aromatic carbocycles. The summed E-state index contributed by atoms with van der Waals surface area (Å²) in [4.78, 5) is 0. The second-order valence-corrected chi connectivity index (χ2v) is 6.90. The lowest BCUT2D eigenvalue weighted by Crippen LogP contribution is -2.50. The summed E-state index contributed by atoms with van der Waals surface area (Å²) in [6.07, 6.45) is 3.42. The van der Waals surface area contributed by atoms with Crippen molar-refractivity contribution in [1.82, 2.24) is 5.32 Å². The summed E-state index contributed by atoms with van der Waals surface area (Å²) >= 11 is 6.30. The molecule has 3 heteroatoms. The van der Waals surface area contributed by atoms with Gasteiger partial charge in [-0.1, -0.05) is 38.4 Å². The summed E-state index contributed by atoms with van der Waals surface area (Å²) in [6, 6.07) is 4.86. The molecule has 1 saturated carbocycles. The molecule has 112 valence electrons. The van der Waals surface area contributed by atoms with Crippen LogP contribution in [0.15, 0.2) is 18.2 Å². The van der Waals surface area contributed by atoms with Gasteiger partial charge in [-0.15, -0.1) is 0 Å². The first-order chi connectivity index (χ1) is 9.48. The summed E-state index contributed by atoms with van der Waals surface area (Å²) in [5, 5.41) is 4.10. The fourth-order valence-electron chi connectivity index (χ4n) is 3.30. The summed E-state index contributed by atoms with van der Waals surface area (Å²) in [5.41, 5.74) is 1.20. The van der Waals surface area contributed by atoms with Crippen LogP contribution in [-0.2, 0) is 5.41 Å². The molecule has 0 aliphatic heterocycles. The third kappa shape index (κ3) is 3.17. The van der Waals surface area contributed by atoms with E-state index in [-0.39, 0.29) is 11.2 Å². The predicted octanol–water partition coefficient (Wildman–Crippen LogP) is 4.78. The Morgan fingerprint density at radius 3 is 2.65 bits per heavy atom. The lowest BCUT2D eigenvalue weighted by atomic mass is 9.56. The van der Waals surface area contributed by atoms with Crippen LogP contribution in [-0.4, -0.2) is 13.1 Å². The second kappa shape index (κ2) is 6.44. The van der Waals surface area contributed by atoms with E-state index in [2.05, 4.69) is 26.1 Å². The first kappa shape index (κ1) is 15.8. The predicted molar refractivity (Wildman–Crippen MR) is 83.8 cm³/mol. The van der Waals surface area contributed by atoms with Crippen LogP contribution in [0.5, 0.6) is 0 Å². The minimum absolute atomic E-state index is 0.0922. The van der Waals surface area contributed by atoms with Gasteiger partial charge in [-0.25, -0.2) is 4.39 Å². The van der Waals surface area contributed by atoms with E-state index in [0.29, 0.717) is 10.9 Å². The molecule has 0 saturated heterocycles. The fourth-order valence-corrected chi connectivity index (χ4v) is 3.67. The minimum atomic E-state index is -0.254. The van der Waals surface area contributed by atoms with Gasteiger partial charge in [0.1, 0.15) is 5.82 Å². The van der Waals surface area contributed by atoms with Crippen LogP contribution in [0.4, 0.5) is 4.39 Å². The number of rotatable bonds is 6. The van der Waals surface area contributed by atoms with Gasteiger partial charge in [-0.3, -0.25) is 0 Å². The van der Waals surface area contributed by atoms with E-state index in [1.807, 2.05) is 6.07 Å². The zero-order chi connectivity index (χ0) is 14.8. The van der Waals surface area contributed by atoms with Gasteiger partial charge in [-0.05, 0) is 55.3 Å². The average molecular weight is 298 g/mol. The van der Waals surface area contributed by atoms with Crippen molar-refractivity contribution in [2.24, 2.45) is 11.8 Å². The summed E-state index contributed by atoms with van der Waals surface area (Å²) < 4.78 is 13.3. The van der Waals surface area contributed by atoms with Gasteiger partial charge in [0, 0.05) is 17.0 Å². The molecule has 0 unspecified atom stereocenters. The lowest BCUT2D eigenvalue weighted by molar-refractivity contribution is 0.0979. The van der Waals surface area contributed by atoms with Crippen molar-refractivity contribution in [3.63, 3.8) is 0 Å². The van der Waals surface area contributed by atoms with E-state index < -0.39 is 0 Å². The van der Waals surface area contributed by atoms with E-state index in [1.165, 1.54) is 12.1 Å². The molecular formula is C17H25ClFN. The van der Waals surface area contributed by atoms with Gasteiger partial charge >= 0.3 is 0 Å². The quantitative estimate of drug-likeness (QED) is 0.745. The van der Waals surface area contributed by atoms with Crippen LogP contribution in [0, 0.1) is 17.7 Å². The zero-order valence-electron chi connectivity index (χ0n) is 12.7. The maximum atomic E-state index is 13.3. The Hall–Kier alpha value is -0.600. The Kier molecular flexibility index (Phi) is 5.09. The molecular weight excluding hydrogens is 273 g/mol. The first-order valence-electron chi connectivity index (χ1n) is 7.65. The van der Waals surface area contributed by atoms with Crippen molar-refractivity contribution in [3.8, 4) is 0 Å². The van der Waals surface area contributed by atoms with Crippen molar-refractivity contribution in [2.45, 2.75) is 45.4 Å². The fraction of sp³-hybridized carbons (Fsp3) is 0.647. The van der Waals surface area contributed by atoms with E-state index >= 15 is 0 Å². The molecule has 0 atom stereocenters. The van der Waals surface area contributed by atoms with Gasteiger partial charge in [0.2, 0.25) is 0 Å². The summed E-state index contributed by atoms with van der Waals surface area (Å²) in [7, 11) is 0. The Balaban J connectivity index is 2.19. The number of hydrogen-bond acceptors (Lipinski definition) is 1. The topological polar surface area (TPSA) is 12.0 Å². The van der Waals surface area contributed by atoms with Crippen LogP contribution in [0.1, 0.15) is 45.6 Å². The van der Waals surface area contributed by atoms with Crippen molar-refractivity contribution in [2.75, 3.05) is 13.1 Å². The Bertz CT molecular complexity index is 452. The third-order valence-electron chi connectivity index (χ3n) is 4.64. The summed E-state index contributed by atoms with van der Waals surface area (Å²) in [6.45, 7) is 8.69. The van der Waals surface area contributed by atoms with Crippen molar-refractivity contribution in [1.29, 1.82) is 0 Å². The highest BCUT2D eigenvalue weighted by Crippen LogP contribution is 2.52. The smallest absolute Gasteiger partial charge is 0.124 e. The maximum Gasteiger partial charge on any atom is 0.124 e. The monoisotopic (exact) mass is 297 g/mol. The van der Waals surface area contributed by atoms with Crippen molar-refractivity contribution >= 4 is 11.6 Å². The third-order valence-corrected chi connectivity index (χ3v) is 4.95. The van der Waals surface area contributed by atoms with E-state index in [1.54, 1.807) is 0 Å². The maximum absolute atomic E-state index is 13.3. The van der Waals surface area contributed by atoms with Gasteiger partial charge in [-0.2, -0.15) is 0 Å². The highest BCUT2D eigenvalue weighted by atomic mass is 35.5. The molecule has 0 heterocycles. The second-order valence-electron chi connectivity index (χ2n) is 6.49. The normalized spacial score (nSPS) is 25.8. The van der Waals surface area contributed by atoms with Crippen LogP contribution >= 0.6 is 11.6 Å². The Labute approximate surface area is 126 Å². The van der Waals surface area contributed by atoms with Crippen LogP contribution < -0.4 is 5.32 Å². The first-order valence-corrected chi connectivity index (χ1v) is 8.02. The largest absolute Gasteiger partial charge is 0.316 e. The average Bonchev–Trinajstić information content (AvgIpc) is 2.33. The molecule has 1 aliphatic rings. The SMILES string of the molecule is CCCNCC1(c2ccc(F)cc2Cl)CC(C(C)C)C1. The molecule has 2 rings (SSSR count). The van der Waals surface area contributed by atoms with Gasteiger partial charge < -0.3 is 5.32 Å². The standard InChI is InChI=1S/C17H25ClFN/c1-4-7-20-11-17(9-13(10-17)12(2)3)15-6-5-14(19)8-16(15)18/h5-6,8,12-13,20H,4,7,9-11H2,1-3H3. The molecule has 0 aromatic heterocycles. The molecule has 20 heavy (non-hydrogen) atoms. The van der Waals surface area contributed by atoms with Crippen LogP contribution in [0.25, 0.3) is 0 Å². The Morgan fingerprint density at radius 2 is 2.10 bits per heavy atom. The molecule has 0 spiro atoms. The van der Waals surface area contributed by atoms with E-state index in [0.717, 1.165) is 43.8 Å². The van der Waals surface area contributed by atoms with Crippen LogP contribution in [0.3, 0.4) is 0 Å².